The fourth-order valence-electron chi connectivity index (χ4n) is 3.06. The van der Waals surface area contributed by atoms with Crippen LogP contribution < -0.4 is 10.1 Å². The summed E-state index contributed by atoms with van der Waals surface area (Å²) in [7, 11) is 0. The van der Waals surface area contributed by atoms with Crippen LogP contribution in [0.5, 0.6) is 11.6 Å². The number of halogens is 2. The minimum absolute atomic E-state index is 0.263. The minimum atomic E-state index is -2.70. The van der Waals surface area contributed by atoms with Gasteiger partial charge in [-0.1, -0.05) is 18.2 Å². The summed E-state index contributed by atoms with van der Waals surface area (Å²) < 4.78 is 31.4. The highest BCUT2D eigenvalue weighted by atomic mass is 19.3. The SMILES string of the molecule is Cc1ccc(C)c(Oc2ccc(CNC(=O)c3ccc4nc(C(F)F)[nH]c4c3)cn2)c1. The number of carbonyl (C=O) groups is 1. The molecule has 1 amide bonds. The number of imidazole rings is 1. The number of carbonyl (C=O) groups excluding carboxylic acids is 1. The third-order valence-corrected chi connectivity index (χ3v) is 4.78. The maximum atomic E-state index is 12.8. The molecule has 0 bridgehead atoms. The summed E-state index contributed by atoms with van der Waals surface area (Å²) in [6.07, 6.45) is -1.06. The first-order chi connectivity index (χ1) is 14.9. The average Bonchev–Trinajstić information content (AvgIpc) is 3.19. The van der Waals surface area contributed by atoms with E-state index in [2.05, 4.69) is 20.3 Å². The molecule has 0 aliphatic heterocycles. The number of amides is 1. The summed E-state index contributed by atoms with van der Waals surface area (Å²) in [6.45, 7) is 4.22. The number of rotatable bonds is 6. The highest BCUT2D eigenvalue weighted by Crippen LogP contribution is 2.25. The second-order valence-electron chi connectivity index (χ2n) is 7.21. The molecular weight excluding hydrogens is 402 g/mol. The van der Waals surface area contributed by atoms with Gasteiger partial charge in [0, 0.05) is 24.4 Å². The van der Waals surface area contributed by atoms with E-state index in [0.717, 1.165) is 22.4 Å². The van der Waals surface area contributed by atoms with Crippen molar-refractivity contribution in [1.82, 2.24) is 20.3 Å². The Morgan fingerprint density at radius 2 is 1.97 bits per heavy atom. The number of hydrogen-bond acceptors (Lipinski definition) is 4. The molecule has 2 heterocycles. The highest BCUT2D eigenvalue weighted by Gasteiger charge is 2.14. The van der Waals surface area contributed by atoms with E-state index in [4.69, 9.17) is 4.74 Å². The first-order valence-electron chi connectivity index (χ1n) is 9.65. The van der Waals surface area contributed by atoms with Crippen molar-refractivity contribution in [3.05, 3.63) is 82.8 Å². The second kappa shape index (κ2) is 8.51. The molecule has 2 aromatic heterocycles. The second-order valence-corrected chi connectivity index (χ2v) is 7.21. The van der Waals surface area contributed by atoms with Crippen LogP contribution in [0.3, 0.4) is 0 Å². The molecule has 0 saturated carbocycles. The number of pyridine rings is 1. The average molecular weight is 422 g/mol. The molecule has 0 spiro atoms. The summed E-state index contributed by atoms with van der Waals surface area (Å²) in [5, 5.41) is 2.79. The number of hydrogen-bond donors (Lipinski definition) is 2. The Hall–Kier alpha value is -3.81. The van der Waals surface area contributed by atoms with Crippen molar-refractivity contribution in [1.29, 1.82) is 0 Å². The van der Waals surface area contributed by atoms with Crippen LogP contribution in [0.25, 0.3) is 11.0 Å². The summed E-state index contributed by atoms with van der Waals surface area (Å²) in [5.41, 5.74) is 4.02. The molecule has 0 atom stereocenters. The molecule has 31 heavy (non-hydrogen) atoms. The molecular formula is C23H20F2N4O2. The van der Waals surface area contributed by atoms with Gasteiger partial charge in [0.05, 0.1) is 11.0 Å². The van der Waals surface area contributed by atoms with Gasteiger partial charge in [-0.2, -0.15) is 0 Å². The number of aromatic amines is 1. The van der Waals surface area contributed by atoms with Gasteiger partial charge in [0.2, 0.25) is 5.88 Å². The highest BCUT2D eigenvalue weighted by molar-refractivity contribution is 5.97. The van der Waals surface area contributed by atoms with Gasteiger partial charge in [0.25, 0.3) is 12.3 Å². The number of aryl methyl sites for hydroxylation is 2. The minimum Gasteiger partial charge on any atom is -0.439 e. The number of nitrogens with one attached hydrogen (secondary N) is 2. The van der Waals surface area contributed by atoms with Crippen molar-refractivity contribution < 1.29 is 18.3 Å². The third-order valence-electron chi connectivity index (χ3n) is 4.78. The maximum Gasteiger partial charge on any atom is 0.295 e. The van der Waals surface area contributed by atoms with E-state index in [1.165, 1.54) is 12.1 Å². The standard InChI is InChI=1S/C23H20F2N4O2/c1-13-3-4-14(2)19(9-13)31-20-8-5-15(11-26-20)12-27-23(30)16-6-7-17-18(10-16)29-22(28-17)21(24)25/h3-11,21H,12H2,1-2H3,(H,27,30)(H,28,29). The molecule has 6 nitrogen and oxygen atoms in total. The van der Waals surface area contributed by atoms with Gasteiger partial charge >= 0.3 is 0 Å². The molecule has 8 heteroatoms. The molecule has 158 valence electrons. The van der Waals surface area contributed by atoms with Gasteiger partial charge in [-0.05, 0) is 54.8 Å². The van der Waals surface area contributed by atoms with Gasteiger partial charge in [-0.15, -0.1) is 0 Å². The molecule has 4 aromatic rings. The predicted molar refractivity (Wildman–Crippen MR) is 112 cm³/mol. The van der Waals surface area contributed by atoms with Crippen molar-refractivity contribution >= 4 is 16.9 Å². The van der Waals surface area contributed by atoms with Gasteiger partial charge in [0.15, 0.2) is 5.82 Å². The molecule has 2 N–H and O–H groups in total. The van der Waals surface area contributed by atoms with Crippen molar-refractivity contribution in [2.75, 3.05) is 0 Å². The topological polar surface area (TPSA) is 79.9 Å². The quantitative estimate of drug-likeness (QED) is 0.446. The Kier molecular flexibility index (Phi) is 5.62. The van der Waals surface area contributed by atoms with Crippen LogP contribution >= 0.6 is 0 Å². The molecule has 0 radical (unpaired) electrons. The number of H-pyrrole nitrogens is 1. The van der Waals surface area contributed by atoms with Crippen molar-refractivity contribution in [3.63, 3.8) is 0 Å². The first-order valence-corrected chi connectivity index (χ1v) is 9.65. The molecule has 0 aliphatic carbocycles. The van der Waals surface area contributed by atoms with Crippen LogP contribution in [-0.4, -0.2) is 20.9 Å². The van der Waals surface area contributed by atoms with Gasteiger partial charge in [-0.3, -0.25) is 4.79 Å². The van der Waals surface area contributed by atoms with E-state index in [1.54, 1.807) is 18.3 Å². The summed E-state index contributed by atoms with van der Waals surface area (Å²) in [4.78, 5) is 23.1. The first kappa shape index (κ1) is 20.5. The number of benzene rings is 2. The number of nitrogens with zero attached hydrogens (tertiary/aromatic N) is 2. The summed E-state index contributed by atoms with van der Waals surface area (Å²) in [5.74, 6) is 0.466. The maximum absolute atomic E-state index is 12.8. The van der Waals surface area contributed by atoms with Crippen molar-refractivity contribution in [2.45, 2.75) is 26.8 Å². The smallest absolute Gasteiger partial charge is 0.295 e. The van der Waals surface area contributed by atoms with Gasteiger partial charge in [-0.25, -0.2) is 18.7 Å². The van der Waals surface area contributed by atoms with E-state index in [1.807, 2.05) is 38.1 Å². The van der Waals surface area contributed by atoms with Gasteiger partial charge in [0.1, 0.15) is 5.75 Å². The van der Waals surface area contributed by atoms with E-state index < -0.39 is 12.2 Å². The molecule has 2 aromatic carbocycles. The Labute approximate surface area is 177 Å². The number of aromatic nitrogens is 3. The Morgan fingerprint density at radius 1 is 1.13 bits per heavy atom. The van der Waals surface area contributed by atoms with Crippen LogP contribution in [0.1, 0.15) is 39.3 Å². The van der Waals surface area contributed by atoms with Crippen LogP contribution in [0, 0.1) is 13.8 Å². The van der Waals surface area contributed by atoms with Crippen LogP contribution in [0.15, 0.2) is 54.7 Å². The predicted octanol–water partition coefficient (Wildman–Crippen LogP) is 5.23. The van der Waals surface area contributed by atoms with E-state index in [-0.39, 0.29) is 12.5 Å². The van der Waals surface area contributed by atoms with Crippen molar-refractivity contribution in [2.24, 2.45) is 0 Å². The third kappa shape index (κ3) is 4.69. The van der Waals surface area contributed by atoms with Crippen LogP contribution in [-0.2, 0) is 6.54 Å². The lowest BCUT2D eigenvalue weighted by molar-refractivity contribution is 0.0951. The molecule has 0 aliphatic rings. The van der Waals surface area contributed by atoms with Crippen molar-refractivity contribution in [3.8, 4) is 11.6 Å². The lowest BCUT2D eigenvalue weighted by atomic mass is 10.1. The number of ether oxygens (including phenoxy) is 1. The Balaban J connectivity index is 1.39. The van der Waals surface area contributed by atoms with Crippen LogP contribution in [0.4, 0.5) is 8.78 Å². The zero-order valence-electron chi connectivity index (χ0n) is 16.9. The zero-order chi connectivity index (χ0) is 22.0. The van der Waals surface area contributed by atoms with Gasteiger partial charge < -0.3 is 15.0 Å². The monoisotopic (exact) mass is 422 g/mol. The Bertz CT molecular complexity index is 1240. The zero-order valence-corrected chi connectivity index (χ0v) is 16.9. The Morgan fingerprint density at radius 3 is 2.71 bits per heavy atom. The van der Waals surface area contributed by atoms with Crippen LogP contribution in [0.2, 0.25) is 0 Å². The summed E-state index contributed by atoms with van der Waals surface area (Å²) >= 11 is 0. The number of alkyl halides is 2. The van der Waals surface area contributed by atoms with E-state index >= 15 is 0 Å². The molecule has 0 fully saturated rings. The molecule has 0 saturated heterocycles. The van der Waals surface area contributed by atoms with E-state index in [0.29, 0.717) is 22.5 Å². The normalized spacial score (nSPS) is 11.1. The molecule has 0 unspecified atom stereocenters. The fraction of sp³-hybridized carbons (Fsp3) is 0.174. The largest absolute Gasteiger partial charge is 0.439 e. The lowest BCUT2D eigenvalue weighted by Gasteiger charge is -2.10. The fourth-order valence-corrected chi connectivity index (χ4v) is 3.06. The lowest BCUT2D eigenvalue weighted by Crippen LogP contribution is -2.22. The number of fused-ring (bicyclic) bond motifs is 1. The summed E-state index contributed by atoms with van der Waals surface area (Å²) in [6, 6.07) is 14.1. The molecule has 4 rings (SSSR count). The van der Waals surface area contributed by atoms with E-state index in [9.17, 15) is 13.6 Å².